The first-order valence-electron chi connectivity index (χ1n) is 9.69. The number of hydrogen-bond acceptors (Lipinski definition) is 7. The Labute approximate surface area is 173 Å². The minimum Gasteiger partial charge on any atom is -0.460 e. The number of benzene rings is 1. The fraction of sp³-hybridized carbons (Fsp3) is 0.550. The second-order valence-electron chi connectivity index (χ2n) is 7.54. The van der Waals surface area contributed by atoms with Gasteiger partial charge in [-0.1, -0.05) is 30.3 Å². The monoisotopic (exact) mass is 412 g/mol. The van der Waals surface area contributed by atoms with Crippen molar-refractivity contribution >= 4 is 29.5 Å². The molecule has 0 saturated carbocycles. The van der Waals surface area contributed by atoms with E-state index in [2.05, 4.69) is 23.3 Å². The SMILES string of the molecule is [3H]ON(CCCC(=O)CCC(=O)OC(C)(C)C)NC(Cc1ccccc1)C(=O)S. The quantitative estimate of drug-likeness (QED) is 0.260. The van der Waals surface area contributed by atoms with Gasteiger partial charge in [-0.3, -0.25) is 19.6 Å². The number of rotatable bonds is 13. The highest BCUT2D eigenvalue weighted by molar-refractivity contribution is 7.96. The van der Waals surface area contributed by atoms with Crippen LogP contribution in [0.15, 0.2) is 30.3 Å². The van der Waals surface area contributed by atoms with Gasteiger partial charge < -0.3 is 4.74 Å². The first-order chi connectivity index (χ1) is 13.6. The summed E-state index contributed by atoms with van der Waals surface area (Å²) in [7, 11) is 0. The van der Waals surface area contributed by atoms with E-state index in [-0.39, 0.29) is 36.7 Å². The van der Waals surface area contributed by atoms with E-state index in [1.165, 1.54) is 0 Å². The summed E-state index contributed by atoms with van der Waals surface area (Å²) in [6.45, 7) is 5.54. The Bertz CT molecular complexity index is 667. The topological polar surface area (TPSA) is 95.9 Å². The Morgan fingerprint density at radius 2 is 1.89 bits per heavy atom. The molecule has 0 radical (unpaired) electrons. The third-order valence-corrected chi connectivity index (χ3v) is 4.04. The van der Waals surface area contributed by atoms with Crippen LogP contribution in [-0.2, 0) is 25.5 Å². The van der Waals surface area contributed by atoms with E-state index in [1.807, 2.05) is 30.3 Å². The molecule has 0 spiro atoms. The van der Waals surface area contributed by atoms with Gasteiger partial charge in [0.2, 0.25) is 6.55 Å². The van der Waals surface area contributed by atoms with Crippen LogP contribution in [0.1, 0.15) is 52.0 Å². The smallest absolute Gasteiger partial charge is 0.306 e. The summed E-state index contributed by atoms with van der Waals surface area (Å²) in [6, 6.07) is 8.73. The molecule has 1 atom stereocenters. The van der Waals surface area contributed by atoms with Crippen molar-refractivity contribution in [1.29, 1.82) is 0 Å². The number of hydrogen-bond donors (Lipinski definition) is 3. The molecule has 1 unspecified atom stereocenters. The Morgan fingerprint density at radius 1 is 1.21 bits per heavy atom. The zero-order chi connectivity index (χ0) is 21.9. The normalized spacial score (nSPS) is 13.1. The Hall–Kier alpha value is -1.74. The van der Waals surface area contributed by atoms with Crippen LogP contribution in [-0.4, -0.2) is 45.4 Å². The van der Waals surface area contributed by atoms with Gasteiger partial charge in [-0.15, -0.1) is 17.8 Å². The zero-order valence-electron chi connectivity index (χ0n) is 17.6. The molecule has 0 amide bonds. The van der Waals surface area contributed by atoms with Crippen LogP contribution < -0.4 is 5.43 Å². The molecule has 156 valence electrons. The molecule has 1 rings (SSSR count). The molecule has 0 saturated heterocycles. The van der Waals surface area contributed by atoms with E-state index in [0.717, 1.165) is 10.7 Å². The highest BCUT2D eigenvalue weighted by Gasteiger charge is 2.19. The summed E-state index contributed by atoms with van der Waals surface area (Å²) in [5.41, 5.74) is 3.18. The first kappa shape index (κ1) is 22.5. The van der Waals surface area contributed by atoms with Crippen molar-refractivity contribution in [2.24, 2.45) is 0 Å². The number of nitrogens with zero attached hydrogens (tertiary/aromatic N) is 1. The van der Waals surface area contributed by atoms with Crippen LogP contribution in [0.5, 0.6) is 0 Å². The van der Waals surface area contributed by atoms with Crippen LogP contribution in [0, 0.1) is 0 Å². The fourth-order valence-corrected chi connectivity index (χ4v) is 2.60. The molecular formula is C20H30N2O5S. The van der Waals surface area contributed by atoms with Gasteiger partial charge in [0.05, 0.1) is 12.5 Å². The number of ketones is 1. The van der Waals surface area contributed by atoms with Gasteiger partial charge in [0.1, 0.15) is 11.4 Å². The third-order valence-electron chi connectivity index (χ3n) is 3.73. The van der Waals surface area contributed by atoms with E-state index >= 15 is 0 Å². The number of carbonyl (C=O) groups excluding carboxylic acids is 3. The Balaban J connectivity index is 2.39. The molecule has 0 fully saturated rings. The van der Waals surface area contributed by atoms with Gasteiger partial charge in [0.25, 0.3) is 0 Å². The number of carbonyl (C=O) groups is 3. The molecule has 0 heterocycles. The van der Waals surface area contributed by atoms with Gasteiger partial charge in [-0.05, 0) is 39.2 Å². The molecule has 1 aromatic carbocycles. The lowest BCUT2D eigenvalue weighted by atomic mass is 10.1. The molecule has 0 bridgehead atoms. The van der Waals surface area contributed by atoms with Crippen LogP contribution in [0.25, 0.3) is 0 Å². The molecule has 7 nitrogen and oxygen atoms in total. The van der Waals surface area contributed by atoms with Crippen molar-refractivity contribution in [3.8, 4) is 0 Å². The minimum atomic E-state index is -0.672. The molecular weight excluding hydrogens is 380 g/mol. The zero-order valence-corrected chi connectivity index (χ0v) is 17.5. The summed E-state index contributed by atoms with van der Waals surface area (Å²) in [5, 5.41) is 5.22. The van der Waals surface area contributed by atoms with E-state index in [9.17, 15) is 14.4 Å². The molecule has 8 heteroatoms. The van der Waals surface area contributed by atoms with Crippen molar-refractivity contribution in [3.63, 3.8) is 0 Å². The molecule has 0 aromatic heterocycles. The number of esters is 1. The lowest BCUT2D eigenvalue weighted by molar-refractivity contribution is -0.156. The number of hydroxylamine groups is 1. The largest absolute Gasteiger partial charge is 0.460 e. The maximum atomic E-state index is 12.0. The van der Waals surface area contributed by atoms with Gasteiger partial charge in [-0.2, -0.15) is 0 Å². The minimum absolute atomic E-state index is 0.0420. The third kappa shape index (κ3) is 11.2. The highest BCUT2D eigenvalue weighted by Crippen LogP contribution is 2.10. The lowest BCUT2D eigenvalue weighted by Crippen LogP contribution is -2.47. The van der Waals surface area contributed by atoms with Gasteiger partial charge >= 0.3 is 5.97 Å². The first-order valence-corrected chi connectivity index (χ1v) is 9.72. The Morgan fingerprint density at radius 3 is 2.46 bits per heavy atom. The summed E-state index contributed by atoms with van der Waals surface area (Å²) in [6.07, 6.45) is 1.16. The summed E-state index contributed by atoms with van der Waals surface area (Å²) in [5.74, 6) is -0.480. The van der Waals surface area contributed by atoms with Crippen molar-refractivity contribution in [2.75, 3.05) is 6.54 Å². The number of thiol groups is 1. The van der Waals surface area contributed by atoms with Gasteiger partial charge in [0, 0.05) is 19.4 Å². The number of hydrazine groups is 1. The average molecular weight is 413 g/mol. The average Bonchev–Trinajstić information content (AvgIpc) is 2.64. The van der Waals surface area contributed by atoms with Crippen molar-refractivity contribution in [1.82, 2.24) is 10.6 Å². The second kappa shape index (κ2) is 12.0. The van der Waals surface area contributed by atoms with E-state index in [4.69, 9.17) is 6.17 Å². The maximum Gasteiger partial charge on any atom is 0.306 e. The van der Waals surface area contributed by atoms with Gasteiger partial charge in [-0.25, -0.2) is 5.43 Å². The molecule has 2 N–H and O–H groups in total. The number of ether oxygens (including phenoxy) is 1. The number of Topliss-reactive ketones (excluding diaryl/α,β-unsaturated/α-hetero) is 1. The predicted molar refractivity (Wildman–Crippen MR) is 109 cm³/mol. The van der Waals surface area contributed by atoms with E-state index in [1.54, 1.807) is 20.8 Å². The maximum absolute atomic E-state index is 12.0. The molecule has 0 aliphatic heterocycles. The van der Waals surface area contributed by atoms with E-state index < -0.39 is 17.6 Å². The summed E-state index contributed by atoms with van der Waals surface area (Å²) in [4.78, 5) is 35.4. The number of nitrogens with one attached hydrogen (secondary N) is 1. The standard InChI is InChI=1S/C20H30N2O5S/c1-20(2,3)27-18(24)12-11-16(23)10-7-13-22(26)21-17(19(25)28)14-15-8-5-4-6-9-15/h4-6,8-9,17,21,26H,7,10-14H2,1-3H3,(H,25,28)/i26T. The predicted octanol–water partition coefficient (Wildman–Crippen LogP) is 2.72. The second-order valence-corrected chi connectivity index (χ2v) is 7.98. The van der Waals surface area contributed by atoms with E-state index in [0.29, 0.717) is 12.8 Å². The lowest BCUT2D eigenvalue weighted by Gasteiger charge is -2.22. The van der Waals surface area contributed by atoms with Gasteiger partial charge in [0.15, 0.2) is 0 Å². The van der Waals surface area contributed by atoms with Crippen molar-refractivity contribution in [3.05, 3.63) is 35.9 Å². The van der Waals surface area contributed by atoms with Crippen LogP contribution in [0.3, 0.4) is 0 Å². The van der Waals surface area contributed by atoms with Crippen molar-refractivity contribution in [2.45, 2.75) is 64.5 Å². The van der Waals surface area contributed by atoms with Crippen LogP contribution in [0.4, 0.5) is 0 Å². The fourth-order valence-electron chi connectivity index (χ4n) is 2.46. The van der Waals surface area contributed by atoms with Crippen LogP contribution >= 0.6 is 12.6 Å². The summed E-state index contributed by atoms with van der Waals surface area (Å²) < 4.78 is 12.3. The molecule has 28 heavy (non-hydrogen) atoms. The van der Waals surface area contributed by atoms with Crippen LogP contribution in [0.2, 0.25) is 1.43 Å². The molecule has 0 aliphatic carbocycles. The summed E-state index contributed by atoms with van der Waals surface area (Å²) >= 11 is 3.89. The molecule has 0 aliphatic rings. The Kier molecular flexibility index (Phi) is 9.63. The molecule has 1 aromatic rings. The van der Waals surface area contributed by atoms with Crippen molar-refractivity contribution < 1.29 is 25.8 Å². The highest BCUT2D eigenvalue weighted by atomic mass is 32.1.